The molecule has 0 aromatic heterocycles. The molecule has 1 heteroatoms. The van der Waals surface area contributed by atoms with E-state index >= 15 is 0 Å². The van der Waals surface area contributed by atoms with E-state index in [-0.39, 0.29) is 11.5 Å². The Balaban J connectivity index is 2.75. The first-order valence-electron chi connectivity index (χ1n) is 7.94. The molecule has 0 fully saturated rings. The minimum atomic E-state index is -0.221. The van der Waals surface area contributed by atoms with Gasteiger partial charge in [0, 0.05) is 5.41 Å². The van der Waals surface area contributed by atoms with E-state index < -0.39 is 0 Å². The van der Waals surface area contributed by atoms with Gasteiger partial charge in [0.15, 0.2) is 0 Å². The summed E-state index contributed by atoms with van der Waals surface area (Å²) in [6.07, 6.45) is 7.63. The third-order valence-electron chi connectivity index (χ3n) is 4.58. The van der Waals surface area contributed by atoms with Gasteiger partial charge in [0.1, 0.15) is 0 Å². The molecule has 1 nitrogen and oxygen atoms in total. The number of aliphatic hydroxyl groups excluding tert-OH is 1. The molecule has 0 aliphatic heterocycles. The number of rotatable bonds is 9. The van der Waals surface area contributed by atoms with Crippen LogP contribution in [0.2, 0.25) is 0 Å². The van der Waals surface area contributed by atoms with E-state index in [4.69, 9.17) is 0 Å². The summed E-state index contributed by atoms with van der Waals surface area (Å²) in [6, 6.07) is 10.6. The van der Waals surface area contributed by atoms with Crippen LogP contribution in [-0.2, 0) is 5.41 Å². The summed E-state index contributed by atoms with van der Waals surface area (Å²) >= 11 is 0. The molecule has 0 heterocycles. The Bertz CT molecular complexity index is 327. The zero-order valence-electron chi connectivity index (χ0n) is 12.9. The van der Waals surface area contributed by atoms with Crippen molar-refractivity contribution < 1.29 is 5.11 Å². The highest BCUT2D eigenvalue weighted by Crippen LogP contribution is 2.37. The first kappa shape index (κ1) is 16.2. The fourth-order valence-electron chi connectivity index (χ4n) is 3.13. The zero-order valence-corrected chi connectivity index (χ0v) is 12.9. The Hall–Kier alpha value is -0.820. The monoisotopic (exact) mass is 262 g/mol. The summed E-state index contributed by atoms with van der Waals surface area (Å²) in [6.45, 7) is 6.63. The van der Waals surface area contributed by atoms with Crippen molar-refractivity contribution in [2.75, 3.05) is 0 Å². The van der Waals surface area contributed by atoms with E-state index in [0.29, 0.717) is 0 Å². The lowest BCUT2D eigenvalue weighted by atomic mass is 9.70. The Morgan fingerprint density at radius 3 is 2.11 bits per heavy atom. The molecule has 0 bridgehead atoms. The normalized spacial score (nSPS) is 13.5. The van der Waals surface area contributed by atoms with Crippen molar-refractivity contribution in [3.05, 3.63) is 35.9 Å². The lowest BCUT2D eigenvalue weighted by Crippen LogP contribution is -2.38. The van der Waals surface area contributed by atoms with Gasteiger partial charge in [-0.1, -0.05) is 76.8 Å². The Morgan fingerprint density at radius 1 is 0.947 bits per heavy atom. The first-order valence-corrected chi connectivity index (χ1v) is 7.94. The van der Waals surface area contributed by atoms with E-state index in [0.717, 1.165) is 25.7 Å². The van der Waals surface area contributed by atoms with Gasteiger partial charge < -0.3 is 5.11 Å². The second kappa shape index (κ2) is 8.37. The van der Waals surface area contributed by atoms with Gasteiger partial charge in [0.05, 0.1) is 6.10 Å². The van der Waals surface area contributed by atoms with Crippen LogP contribution in [0.25, 0.3) is 0 Å². The standard InChI is InChI=1S/C18H30O/c1-4-7-8-12-15-17(19)18(5-2,6-3)16-13-10-9-11-14-16/h9-11,13-14,17,19H,4-8,12,15H2,1-3H3. The highest BCUT2D eigenvalue weighted by Gasteiger charge is 2.35. The summed E-state index contributed by atoms with van der Waals surface area (Å²) in [5.74, 6) is 0. The molecule has 1 N–H and O–H groups in total. The van der Waals surface area contributed by atoms with Gasteiger partial charge in [-0.2, -0.15) is 0 Å². The predicted molar refractivity (Wildman–Crippen MR) is 83.5 cm³/mol. The van der Waals surface area contributed by atoms with E-state index in [2.05, 4.69) is 45.0 Å². The van der Waals surface area contributed by atoms with Crippen molar-refractivity contribution in [2.24, 2.45) is 0 Å². The summed E-state index contributed by atoms with van der Waals surface area (Å²) < 4.78 is 0. The quantitative estimate of drug-likeness (QED) is 0.616. The Morgan fingerprint density at radius 2 is 1.58 bits per heavy atom. The minimum absolute atomic E-state index is 0.0620. The fraction of sp³-hybridized carbons (Fsp3) is 0.667. The van der Waals surface area contributed by atoms with Crippen LogP contribution in [0.15, 0.2) is 30.3 Å². The van der Waals surface area contributed by atoms with Crippen LogP contribution in [0, 0.1) is 0 Å². The van der Waals surface area contributed by atoms with Gasteiger partial charge in [0.25, 0.3) is 0 Å². The van der Waals surface area contributed by atoms with E-state index in [1.165, 1.54) is 24.8 Å². The fourth-order valence-corrected chi connectivity index (χ4v) is 3.13. The van der Waals surface area contributed by atoms with Crippen LogP contribution in [0.3, 0.4) is 0 Å². The van der Waals surface area contributed by atoms with Crippen LogP contribution in [0.1, 0.15) is 71.3 Å². The van der Waals surface area contributed by atoms with Gasteiger partial charge in [-0.25, -0.2) is 0 Å². The number of benzene rings is 1. The topological polar surface area (TPSA) is 20.2 Å². The van der Waals surface area contributed by atoms with Crippen LogP contribution in [0.5, 0.6) is 0 Å². The number of aliphatic hydroxyl groups is 1. The number of hydrogen-bond acceptors (Lipinski definition) is 1. The average molecular weight is 262 g/mol. The van der Waals surface area contributed by atoms with Gasteiger partial charge in [-0.15, -0.1) is 0 Å². The molecule has 1 unspecified atom stereocenters. The zero-order chi connectivity index (χ0) is 14.1. The van der Waals surface area contributed by atoms with E-state index in [1.807, 2.05) is 6.07 Å². The average Bonchev–Trinajstić information content (AvgIpc) is 2.47. The molecule has 0 aliphatic rings. The number of unbranched alkanes of at least 4 members (excludes halogenated alkanes) is 3. The molecule has 1 atom stereocenters. The molecule has 1 aromatic rings. The van der Waals surface area contributed by atoms with Crippen molar-refractivity contribution in [1.29, 1.82) is 0 Å². The first-order chi connectivity index (χ1) is 9.21. The molecule has 0 radical (unpaired) electrons. The van der Waals surface area contributed by atoms with Gasteiger partial charge in [-0.3, -0.25) is 0 Å². The smallest absolute Gasteiger partial charge is 0.0636 e. The highest BCUT2D eigenvalue weighted by molar-refractivity contribution is 5.26. The molecular weight excluding hydrogens is 232 g/mol. The van der Waals surface area contributed by atoms with Gasteiger partial charge in [-0.05, 0) is 24.8 Å². The molecule has 0 amide bonds. The maximum Gasteiger partial charge on any atom is 0.0636 e. The van der Waals surface area contributed by atoms with Crippen molar-refractivity contribution >= 4 is 0 Å². The molecule has 0 spiro atoms. The molecule has 0 aliphatic carbocycles. The summed E-state index contributed by atoms with van der Waals surface area (Å²) in [5, 5.41) is 10.7. The summed E-state index contributed by atoms with van der Waals surface area (Å²) in [4.78, 5) is 0. The van der Waals surface area contributed by atoms with Crippen LogP contribution in [0.4, 0.5) is 0 Å². The third kappa shape index (κ3) is 4.07. The maximum absolute atomic E-state index is 10.7. The van der Waals surface area contributed by atoms with Crippen LogP contribution in [-0.4, -0.2) is 11.2 Å². The van der Waals surface area contributed by atoms with Crippen molar-refractivity contribution in [2.45, 2.75) is 77.2 Å². The Kier molecular flexibility index (Phi) is 7.15. The third-order valence-corrected chi connectivity index (χ3v) is 4.58. The maximum atomic E-state index is 10.7. The molecule has 1 rings (SSSR count). The lowest BCUT2D eigenvalue weighted by molar-refractivity contribution is 0.0631. The molecular formula is C18H30O. The SMILES string of the molecule is CCCCCCC(O)C(CC)(CC)c1ccccc1. The summed E-state index contributed by atoms with van der Waals surface area (Å²) in [7, 11) is 0. The molecule has 1 aromatic carbocycles. The van der Waals surface area contributed by atoms with Crippen molar-refractivity contribution in [3.63, 3.8) is 0 Å². The Labute approximate surface area is 119 Å². The molecule has 19 heavy (non-hydrogen) atoms. The molecule has 0 saturated heterocycles. The lowest BCUT2D eigenvalue weighted by Gasteiger charge is -2.37. The van der Waals surface area contributed by atoms with Gasteiger partial charge >= 0.3 is 0 Å². The van der Waals surface area contributed by atoms with Crippen LogP contribution < -0.4 is 0 Å². The summed E-state index contributed by atoms with van der Waals surface area (Å²) in [5.41, 5.74) is 1.23. The largest absolute Gasteiger partial charge is 0.392 e. The molecule has 108 valence electrons. The highest BCUT2D eigenvalue weighted by atomic mass is 16.3. The van der Waals surface area contributed by atoms with E-state index in [9.17, 15) is 5.11 Å². The number of hydrogen-bond donors (Lipinski definition) is 1. The van der Waals surface area contributed by atoms with E-state index in [1.54, 1.807) is 0 Å². The second-order valence-electron chi connectivity index (χ2n) is 5.59. The van der Waals surface area contributed by atoms with Crippen molar-refractivity contribution in [1.82, 2.24) is 0 Å². The van der Waals surface area contributed by atoms with Crippen molar-refractivity contribution in [3.8, 4) is 0 Å². The van der Waals surface area contributed by atoms with Crippen LogP contribution >= 0.6 is 0 Å². The minimum Gasteiger partial charge on any atom is -0.392 e. The van der Waals surface area contributed by atoms with Gasteiger partial charge in [0.2, 0.25) is 0 Å². The second-order valence-corrected chi connectivity index (χ2v) is 5.59. The molecule has 0 saturated carbocycles. The predicted octanol–water partition coefficient (Wildman–Crippen LogP) is 5.08.